The Morgan fingerprint density at radius 2 is 1.87 bits per heavy atom. The van der Waals surface area contributed by atoms with E-state index in [0.717, 1.165) is 22.4 Å². The summed E-state index contributed by atoms with van der Waals surface area (Å²) in [5.74, 6) is 0. The van der Waals surface area contributed by atoms with Gasteiger partial charge in [-0.2, -0.15) is 0 Å². The van der Waals surface area contributed by atoms with Crippen LogP contribution < -0.4 is 0 Å². The molecule has 120 valence electrons. The zero-order valence-corrected chi connectivity index (χ0v) is 13.2. The van der Waals surface area contributed by atoms with Crippen LogP contribution in [0.3, 0.4) is 0 Å². The van der Waals surface area contributed by atoms with Gasteiger partial charge in [-0.25, -0.2) is 0 Å². The molecule has 1 aliphatic heterocycles. The van der Waals surface area contributed by atoms with E-state index in [1.165, 1.54) is 5.56 Å². The smallest absolute Gasteiger partial charge is 0.168 e. The monoisotopic (exact) mass is 311 g/mol. The van der Waals surface area contributed by atoms with Crippen LogP contribution in [0, 0.1) is 6.92 Å². The molecule has 0 radical (unpaired) electrons. The molecule has 0 spiro atoms. The maximum Gasteiger partial charge on any atom is 0.168 e. The zero-order chi connectivity index (χ0) is 16.3. The Balaban J connectivity index is 1.91. The summed E-state index contributed by atoms with van der Waals surface area (Å²) in [4.78, 5) is 5.45. The molecule has 0 saturated carbocycles. The van der Waals surface area contributed by atoms with E-state index in [9.17, 15) is 5.11 Å². The molecule has 0 aliphatic carbocycles. The molecule has 1 aliphatic rings. The van der Waals surface area contributed by atoms with E-state index >= 15 is 0 Å². The second-order valence-electron chi connectivity index (χ2n) is 6.02. The summed E-state index contributed by atoms with van der Waals surface area (Å²) in [6, 6.07) is 16.4. The Labute approximate surface area is 136 Å². The highest BCUT2D eigenvalue weighted by atomic mass is 16.7. The van der Waals surface area contributed by atoms with Crippen molar-refractivity contribution in [2.45, 2.75) is 25.4 Å². The molecule has 3 rings (SSSR count). The van der Waals surface area contributed by atoms with Crippen molar-refractivity contribution in [2.24, 2.45) is 5.16 Å². The first-order valence-corrected chi connectivity index (χ1v) is 7.81. The van der Waals surface area contributed by atoms with Gasteiger partial charge in [-0.15, -0.1) is 0 Å². The van der Waals surface area contributed by atoms with E-state index in [-0.39, 0.29) is 13.2 Å². The fourth-order valence-electron chi connectivity index (χ4n) is 2.91. The Morgan fingerprint density at radius 1 is 1.09 bits per heavy atom. The van der Waals surface area contributed by atoms with Crippen LogP contribution in [0.15, 0.2) is 53.7 Å². The average molecular weight is 311 g/mol. The first-order valence-electron chi connectivity index (χ1n) is 7.81. The number of rotatable bonds is 5. The van der Waals surface area contributed by atoms with Crippen molar-refractivity contribution in [2.75, 3.05) is 13.2 Å². The van der Waals surface area contributed by atoms with Crippen molar-refractivity contribution in [1.82, 2.24) is 0 Å². The summed E-state index contributed by atoms with van der Waals surface area (Å²) in [5, 5.41) is 22.9. The summed E-state index contributed by atoms with van der Waals surface area (Å²) in [6.07, 6.45) is 0.870. The summed E-state index contributed by atoms with van der Waals surface area (Å²) in [5.41, 5.74) is 4.53. The second kappa shape index (κ2) is 6.52. The number of nitrogens with zero attached hydrogens (tertiary/aromatic N) is 1. The van der Waals surface area contributed by atoms with E-state index in [1.807, 2.05) is 24.3 Å². The molecule has 0 fully saturated rings. The lowest BCUT2D eigenvalue weighted by molar-refractivity contribution is -0.0697. The molecule has 4 nitrogen and oxygen atoms in total. The predicted octanol–water partition coefficient (Wildman–Crippen LogP) is 2.90. The Hall–Kier alpha value is -2.17. The Morgan fingerprint density at radius 3 is 2.57 bits per heavy atom. The average Bonchev–Trinajstić information content (AvgIpc) is 3.01. The van der Waals surface area contributed by atoms with Crippen molar-refractivity contribution < 1.29 is 15.1 Å². The third-order valence-electron chi connectivity index (χ3n) is 4.35. The Kier molecular flexibility index (Phi) is 4.46. The van der Waals surface area contributed by atoms with E-state index < -0.39 is 5.60 Å². The molecule has 2 aromatic carbocycles. The maximum absolute atomic E-state index is 9.58. The molecule has 0 aromatic heterocycles. The molecule has 2 aromatic rings. The molecule has 0 saturated heterocycles. The first kappa shape index (κ1) is 15.7. The lowest BCUT2D eigenvalue weighted by Gasteiger charge is -2.22. The first-order chi connectivity index (χ1) is 11.2. The molecule has 0 amide bonds. The van der Waals surface area contributed by atoms with Crippen LogP contribution in [0.4, 0.5) is 0 Å². The molecule has 0 bridgehead atoms. The van der Waals surface area contributed by atoms with Gasteiger partial charge in [-0.05, 0) is 29.7 Å². The lowest BCUT2D eigenvalue weighted by atomic mass is 9.90. The van der Waals surface area contributed by atoms with E-state index in [4.69, 9.17) is 9.94 Å². The summed E-state index contributed by atoms with van der Waals surface area (Å²) >= 11 is 0. The molecule has 1 atom stereocenters. The standard InChI is InChI=1S/C19H21NO3/c1-14-7-8-16(11-17(14)15-5-3-2-4-6-15)18-12-19(13-22,9-10-21)23-20-18/h2-8,11,21-22H,9-10,12-13H2,1H3. The van der Waals surface area contributed by atoms with Crippen LogP contribution in [0.2, 0.25) is 0 Å². The maximum atomic E-state index is 9.58. The molecular formula is C19H21NO3. The Bertz CT molecular complexity index is 712. The summed E-state index contributed by atoms with van der Waals surface area (Å²) < 4.78 is 0. The highest BCUT2D eigenvalue weighted by Crippen LogP contribution is 2.31. The highest BCUT2D eigenvalue weighted by Gasteiger charge is 2.38. The minimum atomic E-state index is -0.790. The number of hydrogen-bond donors (Lipinski definition) is 2. The van der Waals surface area contributed by atoms with Gasteiger partial charge in [0.2, 0.25) is 0 Å². The van der Waals surface area contributed by atoms with Gasteiger partial charge in [0.1, 0.15) is 0 Å². The van der Waals surface area contributed by atoms with Gasteiger partial charge < -0.3 is 15.1 Å². The van der Waals surface area contributed by atoms with Crippen molar-refractivity contribution in [3.05, 3.63) is 59.7 Å². The highest BCUT2D eigenvalue weighted by molar-refractivity contribution is 6.02. The fraction of sp³-hybridized carbons (Fsp3) is 0.316. The van der Waals surface area contributed by atoms with Gasteiger partial charge in [0, 0.05) is 25.0 Å². The fourth-order valence-corrected chi connectivity index (χ4v) is 2.91. The second-order valence-corrected chi connectivity index (χ2v) is 6.02. The van der Waals surface area contributed by atoms with Gasteiger partial charge in [-0.1, -0.05) is 47.6 Å². The molecule has 2 N–H and O–H groups in total. The van der Waals surface area contributed by atoms with Crippen LogP contribution in [-0.2, 0) is 4.84 Å². The van der Waals surface area contributed by atoms with Crippen molar-refractivity contribution in [3.8, 4) is 11.1 Å². The van der Waals surface area contributed by atoms with Crippen molar-refractivity contribution in [3.63, 3.8) is 0 Å². The van der Waals surface area contributed by atoms with Crippen LogP contribution in [0.25, 0.3) is 11.1 Å². The number of benzene rings is 2. The van der Waals surface area contributed by atoms with Gasteiger partial charge >= 0.3 is 0 Å². The van der Waals surface area contributed by atoms with Crippen LogP contribution in [0.1, 0.15) is 24.0 Å². The zero-order valence-electron chi connectivity index (χ0n) is 13.2. The van der Waals surface area contributed by atoms with E-state index in [0.29, 0.717) is 12.8 Å². The van der Waals surface area contributed by atoms with Crippen molar-refractivity contribution >= 4 is 5.71 Å². The largest absolute Gasteiger partial charge is 0.396 e. The molecule has 1 heterocycles. The lowest BCUT2D eigenvalue weighted by Crippen LogP contribution is -2.34. The normalized spacial score (nSPS) is 20.2. The number of oxime groups is 1. The number of hydrogen-bond acceptors (Lipinski definition) is 4. The molecule has 4 heteroatoms. The molecular weight excluding hydrogens is 290 g/mol. The quantitative estimate of drug-likeness (QED) is 0.892. The topological polar surface area (TPSA) is 62.0 Å². The van der Waals surface area contributed by atoms with E-state index in [1.54, 1.807) is 0 Å². The molecule has 23 heavy (non-hydrogen) atoms. The van der Waals surface area contributed by atoms with Gasteiger partial charge in [0.25, 0.3) is 0 Å². The summed E-state index contributed by atoms with van der Waals surface area (Å²) in [7, 11) is 0. The molecule has 1 unspecified atom stereocenters. The minimum Gasteiger partial charge on any atom is -0.396 e. The van der Waals surface area contributed by atoms with Crippen LogP contribution in [-0.4, -0.2) is 34.7 Å². The van der Waals surface area contributed by atoms with Crippen LogP contribution in [0.5, 0.6) is 0 Å². The van der Waals surface area contributed by atoms with E-state index in [2.05, 4.69) is 36.3 Å². The van der Waals surface area contributed by atoms with Gasteiger partial charge in [0.05, 0.1) is 12.3 Å². The van der Waals surface area contributed by atoms with Gasteiger partial charge in [0.15, 0.2) is 5.60 Å². The van der Waals surface area contributed by atoms with Crippen LogP contribution >= 0.6 is 0 Å². The minimum absolute atomic E-state index is 0.0352. The number of aliphatic hydroxyl groups excluding tert-OH is 2. The van der Waals surface area contributed by atoms with Gasteiger partial charge in [-0.3, -0.25) is 0 Å². The summed E-state index contributed by atoms with van der Waals surface area (Å²) in [6.45, 7) is 1.90. The van der Waals surface area contributed by atoms with Crippen molar-refractivity contribution in [1.29, 1.82) is 0 Å². The number of aliphatic hydroxyl groups is 2. The third kappa shape index (κ3) is 3.14. The third-order valence-corrected chi connectivity index (χ3v) is 4.35. The SMILES string of the molecule is Cc1ccc(C2=NOC(CO)(CCO)C2)cc1-c1ccccc1. The predicted molar refractivity (Wildman–Crippen MR) is 90.4 cm³/mol. The number of aryl methyl sites for hydroxylation is 1.